The number of benzene rings is 1. The molecule has 2 aliphatic carbocycles. The third-order valence-corrected chi connectivity index (χ3v) is 9.20. The summed E-state index contributed by atoms with van der Waals surface area (Å²) >= 11 is 0. The first-order chi connectivity index (χ1) is 16.9. The second-order valence-corrected chi connectivity index (χ2v) is 11.7. The summed E-state index contributed by atoms with van der Waals surface area (Å²) in [5.41, 5.74) is -1.61. The monoisotopic (exact) mass is 500 g/mol. The van der Waals surface area contributed by atoms with E-state index in [0.29, 0.717) is 24.8 Å². The highest BCUT2D eigenvalue weighted by molar-refractivity contribution is 5.89. The van der Waals surface area contributed by atoms with Crippen LogP contribution >= 0.6 is 0 Å². The van der Waals surface area contributed by atoms with Gasteiger partial charge in [-0.05, 0) is 70.4 Å². The Labute approximate surface area is 214 Å². The molecule has 7 heteroatoms. The standard InChI is InChI=1S/C29H40O7/c1-8-17(2)25(31)34-22-14-18(3)29-16-21(27(5,6)36-29)15-23(28(29,7)24(22)33-19(4)30)35-26(32)20-12-10-9-11-13-20/h9-13,17-18,21-24H,8,14-16H2,1-7H3. The van der Waals surface area contributed by atoms with Crippen LogP contribution in [0, 0.1) is 23.2 Å². The number of hydrogen-bond acceptors (Lipinski definition) is 7. The van der Waals surface area contributed by atoms with Gasteiger partial charge in [0, 0.05) is 6.92 Å². The van der Waals surface area contributed by atoms with E-state index in [1.165, 1.54) is 6.92 Å². The van der Waals surface area contributed by atoms with Crippen molar-refractivity contribution in [3.63, 3.8) is 0 Å². The Morgan fingerprint density at radius 2 is 1.72 bits per heavy atom. The van der Waals surface area contributed by atoms with Crippen LogP contribution in [-0.2, 0) is 28.5 Å². The molecule has 8 atom stereocenters. The lowest BCUT2D eigenvalue weighted by atomic mass is 9.49. The maximum atomic E-state index is 13.3. The zero-order valence-corrected chi connectivity index (χ0v) is 22.5. The van der Waals surface area contributed by atoms with Gasteiger partial charge in [0.15, 0.2) is 6.10 Å². The van der Waals surface area contributed by atoms with Crippen molar-refractivity contribution < 1.29 is 33.3 Å². The number of hydrogen-bond donors (Lipinski definition) is 0. The molecule has 3 fully saturated rings. The van der Waals surface area contributed by atoms with Crippen molar-refractivity contribution in [3.05, 3.63) is 35.9 Å². The Hall–Kier alpha value is -2.41. The second kappa shape index (κ2) is 9.47. The molecule has 1 aliphatic heterocycles. The van der Waals surface area contributed by atoms with Crippen LogP contribution in [0.3, 0.4) is 0 Å². The maximum Gasteiger partial charge on any atom is 0.338 e. The SMILES string of the molecule is CCC(C)C(=O)OC1CC(C)C23CC(CC(OC(=O)c4ccccc4)C2(C)C1OC(C)=O)C(C)(C)O3. The molecule has 198 valence electrons. The molecule has 1 saturated heterocycles. The topological polar surface area (TPSA) is 88.1 Å². The molecule has 0 amide bonds. The van der Waals surface area contributed by atoms with Gasteiger partial charge in [0.2, 0.25) is 0 Å². The fourth-order valence-corrected chi connectivity index (χ4v) is 6.85. The summed E-state index contributed by atoms with van der Waals surface area (Å²) in [5, 5.41) is 0. The van der Waals surface area contributed by atoms with Gasteiger partial charge in [-0.3, -0.25) is 9.59 Å². The molecule has 3 aliphatic rings. The molecule has 1 spiro atoms. The van der Waals surface area contributed by atoms with Gasteiger partial charge in [0.1, 0.15) is 12.2 Å². The quantitative estimate of drug-likeness (QED) is 0.396. The molecule has 0 aromatic heterocycles. The molecule has 2 saturated carbocycles. The van der Waals surface area contributed by atoms with Crippen molar-refractivity contribution in [1.82, 2.24) is 0 Å². The number of carbonyl (C=O) groups is 3. The van der Waals surface area contributed by atoms with Gasteiger partial charge in [0.25, 0.3) is 0 Å². The van der Waals surface area contributed by atoms with Gasteiger partial charge in [0.05, 0.1) is 28.1 Å². The normalized spacial score (nSPS) is 37.4. The molecular formula is C29H40O7. The first kappa shape index (κ1) is 26.6. The predicted molar refractivity (Wildman–Crippen MR) is 133 cm³/mol. The highest BCUT2D eigenvalue weighted by Gasteiger charge is 2.75. The van der Waals surface area contributed by atoms with Crippen LogP contribution < -0.4 is 0 Å². The minimum Gasteiger partial charge on any atom is -0.458 e. The molecule has 7 nitrogen and oxygen atoms in total. The maximum absolute atomic E-state index is 13.3. The minimum atomic E-state index is -0.925. The van der Waals surface area contributed by atoms with E-state index in [1.807, 2.05) is 26.8 Å². The van der Waals surface area contributed by atoms with E-state index in [4.69, 9.17) is 18.9 Å². The van der Waals surface area contributed by atoms with E-state index in [9.17, 15) is 14.4 Å². The number of ether oxygens (including phenoxy) is 4. The van der Waals surface area contributed by atoms with Crippen molar-refractivity contribution in [2.24, 2.45) is 23.2 Å². The number of rotatable bonds is 6. The van der Waals surface area contributed by atoms with Crippen LogP contribution in [0.15, 0.2) is 30.3 Å². The lowest BCUT2D eigenvalue weighted by Gasteiger charge is -2.61. The zero-order chi connectivity index (χ0) is 26.5. The fourth-order valence-electron chi connectivity index (χ4n) is 6.85. The van der Waals surface area contributed by atoms with E-state index >= 15 is 0 Å². The molecule has 36 heavy (non-hydrogen) atoms. The van der Waals surface area contributed by atoms with E-state index in [-0.39, 0.29) is 23.7 Å². The predicted octanol–water partition coefficient (Wildman–Crippen LogP) is 5.11. The van der Waals surface area contributed by atoms with Crippen LogP contribution in [0.4, 0.5) is 0 Å². The molecule has 1 heterocycles. The average molecular weight is 501 g/mol. The molecule has 2 bridgehead atoms. The van der Waals surface area contributed by atoms with Crippen molar-refractivity contribution in [1.29, 1.82) is 0 Å². The highest BCUT2D eigenvalue weighted by Crippen LogP contribution is 2.67. The van der Waals surface area contributed by atoms with Crippen LogP contribution in [0.2, 0.25) is 0 Å². The molecule has 0 radical (unpaired) electrons. The Balaban J connectivity index is 1.79. The largest absolute Gasteiger partial charge is 0.458 e. The van der Waals surface area contributed by atoms with E-state index in [1.54, 1.807) is 24.3 Å². The molecule has 8 unspecified atom stereocenters. The summed E-state index contributed by atoms with van der Waals surface area (Å²) in [6.45, 7) is 13.4. The Morgan fingerprint density at radius 1 is 1.06 bits per heavy atom. The summed E-state index contributed by atoms with van der Waals surface area (Å²) in [6.07, 6.45) is 0.406. The third kappa shape index (κ3) is 4.23. The highest BCUT2D eigenvalue weighted by atomic mass is 16.6. The summed E-state index contributed by atoms with van der Waals surface area (Å²) in [7, 11) is 0. The summed E-state index contributed by atoms with van der Waals surface area (Å²) in [5.74, 6) is -1.34. The molecular weight excluding hydrogens is 460 g/mol. The van der Waals surface area contributed by atoms with Gasteiger partial charge in [-0.25, -0.2) is 4.79 Å². The fraction of sp³-hybridized carbons (Fsp3) is 0.690. The lowest BCUT2D eigenvalue weighted by Crippen LogP contribution is -2.71. The molecule has 1 aromatic rings. The number of fused-ring (bicyclic) bond motifs is 1. The van der Waals surface area contributed by atoms with Gasteiger partial charge in [-0.1, -0.05) is 39.0 Å². The molecule has 4 rings (SSSR count). The van der Waals surface area contributed by atoms with Crippen LogP contribution in [0.1, 0.15) is 84.5 Å². The average Bonchev–Trinajstić information content (AvgIpc) is 3.07. The first-order valence-corrected chi connectivity index (χ1v) is 13.2. The second-order valence-electron chi connectivity index (χ2n) is 11.7. The van der Waals surface area contributed by atoms with E-state index < -0.39 is 46.9 Å². The Kier molecular flexibility index (Phi) is 7.01. The summed E-state index contributed by atoms with van der Waals surface area (Å²) in [6, 6.07) is 8.89. The smallest absolute Gasteiger partial charge is 0.338 e. The molecule has 1 aromatic carbocycles. The number of carbonyl (C=O) groups excluding carboxylic acids is 3. The van der Waals surface area contributed by atoms with Crippen molar-refractivity contribution in [2.45, 2.75) is 104 Å². The zero-order valence-electron chi connectivity index (χ0n) is 22.5. The van der Waals surface area contributed by atoms with Crippen LogP contribution in [0.25, 0.3) is 0 Å². The van der Waals surface area contributed by atoms with Crippen molar-refractivity contribution >= 4 is 17.9 Å². The Bertz CT molecular complexity index is 1000. The first-order valence-electron chi connectivity index (χ1n) is 13.2. The summed E-state index contributed by atoms with van der Waals surface area (Å²) < 4.78 is 25.2. The van der Waals surface area contributed by atoms with Crippen LogP contribution in [0.5, 0.6) is 0 Å². The van der Waals surface area contributed by atoms with Gasteiger partial charge < -0.3 is 18.9 Å². The lowest BCUT2D eigenvalue weighted by molar-refractivity contribution is -0.283. The summed E-state index contributed by atoms with van der Waals surface area (Å²) in [4.78, 5) is 38.5. The third-order valence-electron chi connectivity index (χ3n) is 9.20. The van der Waals surface area contributed by atoms with E-state index in [2.05, 4.69) is 20.8 Å². The van der Waals surface area contributed by atoms with Gasteiger partial charge in [-0.2, -0.15) is 0 Å². The van der Waals surface area contributed by atoms with Gasteiger partial charge in [-0.15, -0.1) is 0 Å². The van der Waals surface area contributed by atoms with Crippen molar-refractivity contribution in [2.75, 3.05) is 0 Å². The van der Waals surface area contributed by atoms with E-state index in [0.717, 1.165) is 6.42 Å². The van der Waals surface area contributed by atoms with Gasteiger partial charge >= 0.3 is 17.9 Å². The minimum absolute atomic E-state index is 0.0217. The molecule has 0 N–H and O–H groups in total. The van der Waals surface area contributed by atoms with Crippen molar-refractivity contribution in [3.8, 4) is 0 Å². The number of esters is 3. The van der Waals surface area contributed by atoms with Crippen LogP contribution in [-0.4, -0.2) is 47.4 Å². The Morgan fingerprint density at radius 3 is 2.33 bits per heavy atom.